The van der Waals surface area contributed by atoms with Crippen LogP contribution in [0.1, 0.15) is 46.0 Å². The van der Waals surface area contributed by atoms with E-state index in [-0.39, 0.29) is 18.6 Å². The van der Waals surface area contributed by atoms with Gasteiger partial charge in [-0.05, 0) is 31.5 Å². The normalized spacial score (nSPS) is 12.1. The predicted octanol–water partition coefficient (Wildman–Crippen LogP) is 4.24. The van der Waals surface area contributed by atoms with E-state index < -0.39 is 0 Å². The molecule has 5 heteroatoms. The fourth-order valence-corrected chi connectivity index (χ4v) is 2.15. The summed E-state index contributed by atoms with van der Waals surface area (Å²) >= 11 is 5.99. The minimum absolute atomic E-state index is 0.0278. The van der Waals surface area contributed by atoms with E-state index in [2.05, 4.69) is 12.2 Å². The van der Waals surface area contributed by atoms with Crippen LogP contribution in [0.4, 0.5) is 11.4 Å². The Hall–Kier alpha value is -1.26. The molecule has 118 valence electrons. The molecular formula is C16H25ClN2O2. The molecule has 0 heterocycles. The summed E-state index contributed by atoms with van der Waals surface area (Å²) in [6.07, 6.45) is 5.89. The SMILES string of the molecule is CCCCCCC(C)OCC(=O)Nc1cc(N)ccc1Cl. The molecule has 21 heavy (non-hydrogen) atoms. The lowest BCUT2D eigenvalue weighted by molar-refractivity contribution is -0.122. The number of rotatable bonds is 9. The number of nitrogens with two attached hydrogens (primary N) is 1. The highest BCUT2D eigenvalue weighted by Gasteiger charge is 2.09. The van der Waals surface area contributed by atoms with Gasteiger partial charge in [0.25, 0.3) is 0 Å². The minimum Gasteiger partial charge on any atom is -0.399 e. The highest BCUT2D eigenvalue weighted by molar-refractivity contribution is 6.33. The van der Waals surface area contributed by atoms with Crippen molar-refractivity contribution in [3.8, 4) is 0 Å². The number of hydrogen-bond donors (Lipinski definition) is 2. The average Bonchev–Trinajstić information content (AvgIpc) is 2.45. The quantitative estimate of drug-likeness (QED) is 0.529. The van der Waals surface area contributed by atoms with Crippen molar-refractivity contribution in [1.29, 1.82) is 0 Å². The van der Waals surface area contributed by atoms with Crippen molar-refractivity contribution in [2.45, 2.75) is 52.1 Å². The second-order valence-electron chi connectivity index (χ2n) is 5.26. The molecule has 0 radical (unpaired) electrons. The van der Waals surface area contributed by atoms with Gasteiger partial charge in [-0.15, -0.1) is 0 Å². The van der Waals surface area contributed by atoms with E-state index in [9.17, 15) is 4.79 Å². The van der Waals surface area contributed by atoms with Crippen molar-refractivity contribution >= 4 is 28.9 Å². The lowest BCUT2D eigenvalue weighted by Gasteiger charge is -2.13. The first-order chi connectivity index (χ1) is 10.0. The number of benzene rings is 1. The molecular weight excluding hydrogens is 288 g/mol. The Morgan fingerprint density at radius 3 is 2.86 bits per heavy atom. The van der Waals surface area contributed by atoms with Gasteiger partial charge in [-0.3, -0.25) is 4.79 Å². The van der Waals surface area contributed by atoms with Crippen LogP contribution in [0.15, 0.2) is 18.2 Å². The Morgan fingerprint density at radius 2 is 2.14 bits per heavy atom. The molecule has 0 saturated carbocycles. The van der Waals surface area contributed by atoms with E-state index in [1.165, 1.54) is 19.3 Å². The number of ether oxygens (including phenoxy) is 1. The summed E-state index contributed by atoms with van der Waals surface area (Å²) in [7, 11) is 0. The zero-order valence-electron chi connectivity index (χ0n) is 12.8. The largest absolute Gasteiger partial charge is 0.399 e. The van der Waals surface area contributed by atoms with Crippen LogP contribution in [0.3, 0.4) is 0 Å². The molecule has 1 amide bonds. The maximum atomic E-state index is 11.8. The fraction of sp³-hybridized carbons (Fsp3) is 0.562. The Bertz CT molecular complexity index is 452. The van der Waals surface area contributed by atoms with Crippen molar-refractivity contribution < 1.29 is 9.53 Å². The third kappa shape index (κ3) is 7.34. The molecule has 0 bridgehead atoms. The first kappa shape index (κ1) is 17.8. The number of halogens is 1. The van der Waals surface area contributed by atoms with Gasteiger partial charge in [0.2, 0.25) is 5.91 Å². The third-order valence-electron chi connectivity index (χ3n) is 3.23. The van der Waals surface area contributed by atoms with Crippen LogP contribution in [0.25, 0.3) is 0 Å². The first-order valence-electron chi connectivity index (χ1n) is 7.49. The maximum Gasteiger partial charge on any atom is 0.250 e. The van der Waals surface area contributed by atoms with Gasteiger partial charge in [0.1, 0.15) is 6.61 Å². The molecule has 1 aromatic carbocycles. The van der Waals surface area contributed by atoms with E-state index >= 15 is 0 Å². The summed E-state index contributed by atoms with van der Waals surface area (Å²) < 4.78 is 5.54. The average molecular weight is 313 g/mol. The van der Waals surface area contributed by atoms with Gasteiger partial charge in [-0.1, -0.05) is 44.2 Å². The second kappa shape index (κ2) is 9.64. The fourth-order valence-electron chi connectivity index (χ4n) is 1.98. The van der Waals surface area contributed by atoms with Crippen molar-refractivity contribution in [2.75, 3.05) is 17.7 Å². The van der Waals surface area contributed by atoms with Crippen molar-refractivity contribution in [3.05, 3.63) is 23.2 Å². The summed E-state index contributed by atoms with van der Waals surface area (Å²) in [5.74, 6) is -0.220. The summed E-state index contributed by atoms with van der Waals surface area (Å²) in [6.45, 7) is 4.21. The number of hydrogen-bond acceptors (Lipinski definition) is 3. The van der Waals surface area contributed by atoms with Crippen LogP contribution in [0.5, 0.6) is 0 Å². The Labute approximate surface area is 132 Å². The zero-order valence-corrected chi connectivity index (χ0v) is 13.6. The molecule has 1 aromatic rings. The molecule has 1 rings (SSSR count). The molecule has 0 aliphatic carbocycles. The van der Waals surface area contributed by atoms with Crippen LogP contribution < -0.4 is 11.1 Å². The minimum atomic E-state index is -0.220. The number of anilines is 2. The maximum absolute atomic E-state index is 11.8. The van der Waals surface area contributed by atoms with E-state index in [4.69, 9.17) is 22.1 Å². The lowest BCUT2D eigenvalue weighted by atomic mass is 10.1. The van der Waals surface area contributed by atoms with Gasteiger partial charge in [-0.25, -0.2) is 0 Å². The molecule has 4 nitrogen and oxygen atoms in total. The van der Waals surface area contributed by atoms with Crippen LogP contribution in [-0.4, -0.2) is 18.6 Å². The molecule has 0 aromatic heterocycles. The Balaban J connectivity index is 2.29. The van der Waals surface area contributed by atoms with Crippen molar-refractivity contribution in [2.24, 2.45) is 0 Å². The van der Waals surface area contributed by atoms with Gasteiger partial charge in [0, 0.05) is 5.69 Å². The van der Waals surface area contributed by atoms with Gasteiger partial charge in [-0.2, -0.15) is 0 Å². The van der Waals surface area contributed by atoms with Crippen molar-refractivity contribution in [3.63, 3.8) is 0 Å². The Morgan fingerprint density at radius 1 is 1.38 bits per heavy atom. The van der Waals surface area contributed by atoms with E-state index in [0.29, 0.717) is 16.4 Å². The number of carbonyl (C=O) groups is 1. The summed E-state index contributed by atoms with van der Waals surface area (Å²) in [4.78, 5) is 11.8. The third-order valence-corrected chi connectivity index (χ3v) is 3.56. The van der Waals surface area contributed by atoms with Crippen LogP contribution in [0.2, 0.25) is 5.02 Å². The smallest absolute Gasteiger partial charge is 0.250 e. The molecule has 0 spiro atoms. The summed E-state index contributed by atoms with van der Waals surface area (Å²) in [6, 6.07) is 4.98. The zero-order chi connectivity index (χ0) is 15.7. The topological polar surface area (TPSA) is 64.3 Å². The molecule has 3 N–H and O–H groups in total. The van der Waals surface area contributed by atoms with E-state index in [1.54, 1.807) is 18.2 Å². The molecule has 1 unspecified atom stereocenters. The Kier molecular flexibility index (Phi) is 8.16. The molecule has 0 aliphatic rings. The van der Waals surface area contributed by atoms with E-state index in [1.807, 2.05) is 6.92 Å². The predicted molar refractivity (Wildman–Crippen MR) is 88.7 cm³/mol. The summed E-state index contributed by atoms with van der Waals surface area (Å²) in [5.41, 5.74) is 6.73. The number of unbranched alkanes of at least 4 members (excludes halogenated alkanes) is 3. The monoisotopic (exact) mass is 312 g/mol. The number of nitrogen functional groups attached to an aromatic ring is 1. The lowest BCUT2D eigenvalue weighted by Crippen LogP contribution is -2.22. The van der Waals surface area contributed by atoms with Gasteiger partial charge < -0.3 is 15.8 Å². The number of carbonyl (C=O) groups excluding carboxylic acids is 1. The number of nitrogens with one attached hydrogen (secondary N) is 1. The standard InChI is InChI=1S/C16H25ClN2O2/c1-3-4-5-6-7-12(2)21-11-16(20)19-15-10-13(18)8-9-14(15)17/h8-10,12H,3-7,11,18H2,1-2H3,(H,19,20). The summed E-state index contributed by atoms with van der Waals surface area (Å²) in [5, 5.41) is 3.17. The second-order valence-corrected chi connectivity index (χ2v) is 5.67. The molecule has 1 atom stereocenters. The van der Waals surface area contributed by atoms with E-state index in [0.717, 1.165) is 12.8 Å². The molecule has 0 aliphatic heterocycles. The van der Waals surface area contributed by atoms with Crippen LogP contribution in [-0.2, 0) is 9.53 Å². The van der Waals surface area contributed by atoms with Gasteiger partial charge >= 0.3 is 0 Å². The van der Waals surface area contributed by atoms with Gasteiger partial charge in [0.05, 0.1) is 16.8 Å². The highest BCUT2D eigenvalue weighted by Crippen LogP contribution is 2.23. The molecule has 0 fully saturated rings. The van der Waals surface area contributed by atoms with Crippen LogP contribution in [0, 0.1) is 0 Å². The first-order valence-corrected chi connectivity index (χ1v) is 7.87. The van der Waals surface area contributed by atoms with Crippen molar-refractivity contribution in [1.82, 2.24) is 0 Å². The van der Waals surface area contributed by atoms with Gasteiger partial charge in [0.15, 0.2) is 0 Å². The highest BCUT2D eigenvalue weighted by atomic mass is 35.5. The number of amides is 1. The van der Waals surface area contributed by atoms with Crippen LogP contribution >= 0.6 is 11.6 Å². The molecule has 0 saturated heterocycles.